The zero-order valence-corrected chi connectivity index (χ0v) is 16.3. The van der Waals surface area contributed by atoms with E-state index in [4.69, 9.17) is 4.74 Å². The van der Waals surface area contributed by atoms with Crippen molar-refractivity contribution in [1.29, 1.82) is 0 Å². The second-order valence-corrected chi connectivity index (χ2v) is 7.49. The topological polar surface area (TPSA) is 38.3 Å². The Morgan fingerprint density at radius 2 is 1.73 bits per heavy atom. The molecule has 0 radical (unpaired) electrons. The molecule has 1 aliphatic carbocycles. The zero-order chi connectivity index (χ0) is 18.7. The zero-order valence-electron chi connectivity index (χ0n) is 16.3. The number of amides is 1. The molecule has 3 nitrogen and oxygen atoms in total. The van der Waals surface area contributed by atoms with E-state index in [1.807, 2.05) is 39.0 Å². The number of hydrogen-bond acceptors (Lipinski definition) is 2. The SMILES string of the molecule is Cc1ccc(C)c(O[C@@H](C)C(=O)N[C@H](C)c2ccc3c(c2)CCCC3)c1. The first-order chi connectivity index (χ1) is 12.4. The van der Waals surface area contributed by atoms with Crippen LogP contribution in [0.2, 0.25) is 0 Å². The maximum atomic E-state index is 12.6. The number of nitrogens with one attached hydrogen (secondary N) is 1. The van der Waals surface area contributed by atoms with E-state index in [0.29, 0.717) is 0 Å². The van der Waals surface area contributed by atoms with Crippen LogP contribution in [0.4, 0.5) is 0 Å². The molecule has 3 heteroatoms. The first kappa shape index (κ1) is 18.5. The summed E-state index contributed by atoms with van der Waals surface area (Å²) in [6, 6.07) is 12.6. The van der Waals surface area contributed by atoms with Crippen molar-refractivity contribution in [2.75, 3.05) is 0 Å². The van der Waals surface area contributed by atoms with Crippen LogP contribution in [0.15, 0.2) is 36.4 Å². The highest BCUT2D eigenvalue weighted by Gasteiger charge is 2.19. The first-order valence-corrected chi connectivity index (χ1v) is 9.60. The van der Waals surface area contributed by atoms with Crippen LogP contribution in [-0.4, -0.2) is 12.0 Å². The highest BCUT2D eigenvalue weighted by atomic mass is 16.5. The van der Waals surface area contributed by atoms with Crippen LogP contribution in [0.3, 0.4) is 0 Å². The van der Waals surface area contributed by atoms with Crippen LogP contribution in [0, 0.1) is 13.8 Å². The van der Waals surface area contributed by atoms with E-state index in [9.17, 15) is 4.79 Å². The van der Waals surface area contributed by atoms with Gasteiger partial charge in [0, 0.05) is 0 Å². The van der Waals surface area contributed by atoms with Crippen LogP contribution in [0.25, 0.3) is 0 Å². The Kier molecular flexibility index (Phi) is 5.65. The Labute approximate surface area is 156 Å². The predicted molar refractivity (Wildman–Crippen MR) is 106 cm³/mol. The second-order valence-electron chi connectivity index (χ2n) is 7.49. The molecule has 1 N–H and O–H groups in total. The summed E-state index contributed by atoms with van der Waals surface area (Å²) in [6.07, 6.45) is 4.34. The predicted octanol–water partition coefficient (Wildman–Crippen LogP) is 4.83. The molecule has 0 aromatic heterocycles. The molecule has 0 saturated heterocycles. The number of carbonyl (C=O) groups is 1. The standard InChI is InChI=1S/C23H29NO2/c1-15-9-10-16(2)22(13-15)26-18(4)23(25)24-17(3)20-12-11-19-7-5-6-8-21(19)14-20/h9-14,17-18H,5-8H2,1-4H3,(H,24,25)/t17-,18+/m1/s1. The molecule has 0 spiro atoms. The van der Waals surface area contributed by atoms with Gasteiger partial charge < -0.3 is 10.1 Å². The maximum absolute atomic E-state index is 12.6. The minimum Gasteiger partial charge on any atom is -0.481 e. The third-order valence-corrected chi connectivity index (χ3v) is 5.25. The van der Waals surface area contributed by atoms with Gasteiger partial charge in [-0.3, -0.25) is 4.79 Å². The van der Waals surface area contributed by atoms with E-state index in [1.165, 1.54) is 30.4 Å². The lowest BCUT2D eigenvalue weighted by Gasteiger charge is -2.22. The van der Waals surface area contributed by atoms with Gasteiger partial charge in [0.2, 0.25) is 0 Å². The number of rotatable bonds is 5. The Balaban J connectivity index is 1.64. The van der Waals surface area contributed by atoms with Gasteiger partial charge in [-0.25, -0.2) is 0 Å². The normalized spacial score (nSPS) is 15.7. The average Bonchev–Trinajstić information content (AvgIpc) is 2.64. The minimum absolute atomic E-state index is 0.0283. The van der Waals surface area contributed by atoms with Crippen molar-refractivity contribution in [2.45, 2.75) is 65.5 Å². The minimum atomic E-state index is -0.532. The van der Waals surface area contributed by atoms with E-state index < -0.39 is 6.10 Å². The van der Waals surface area contributed by atoms with Crippen molar-refractivity contribution in [3.05, 3.63) is 64.2 Å². The molecule has 2 atom stereocenters. The summed E-state index contributed by atoms with van der Waals surface area (Å²) in [7, 11) is 0. The fraction of sp³-hybridized carbons (Fsp3) is 0.435. The van der Waals surface area contributed by atoms with Crippen LogP contribution in [0.1, 0.15) is 60.5 Å². The van der Waals surface area contributed by atoms with E-state index in [-0.39, 0.29) is 11.9 Å². The highest BCUT2D eigenvalue weighted by molar-refractivity contribution is 5.81. The second kappa shape index (κ2) is 7.94. The molecule has 0 aliphatic heterocycles. The molecular formula is C23H29NO2. The fourth-order valence-corrected chi connectivity index (χ4v) is 3.52. The number of ether oxygens (including phenoxy) is 1. The number of fused-ring (bicyclic) bond motifs is 1. The van der Waals surface area contributed by atoms with Gasteiger partial charge >= 0.3 is 0 Å². The molecule has 0 unspecified atom stereocenters. The summed E-state index contributed by atoms with van der Waals surface area (Å²) in [5, 5.41) is 3.09. The van der Waals surface area contributed by atoms with E-state index in [1.54, 1.807) is 6.92 Å². The van der Waals surface area contributed by atoms with Gasteiger partial charge in [-0.05, 0) is 87.3 Å². The molecule has 0 heterocycles. The van der Waals surface area contributed by atoms with Crippen molar-refractivity contribution in [2.24, 2.45) is 0 Å². The Morgan fingerprint density at radius 3 is 2.50 bits per heavy atom. The van der Waals surface area contributed by atoms with E-state index >= 15 is 0 Å². The molecule has 2 aromatic carbocycles. The lowest BCUT2D eigenvalue weighted by Crippen LogP contribution is -2.38. The van der Waals surface area contributed by atoms with Crippen LogP contribution >= 0.6 is 0 Å². The molecule has 1 amide bonds. The maximum Gasteiger partial charge on any atom is 0.261 e. The molecule has 138 valence electrons. The van der Waals surface area contributed by atoms with Gasteiger partial charge in [0.05, 0.1) is 6.04 Å². The van der Waals surface area contributed by atoms with Crippen LogP contribution in [0.5, 0.6) is 5.75 Å². The number of aryl methyl sites for hydroxylation is 4. The monoisotopic (exact) mass is 351 g/mol. The van der Waals surface area contributed by atoms with Crippen LogP contribution < -0.4 is 10.1 Å². The van der Waals surface area contributed by atoms with Crippen molar-refractivity contribution < 1.29 is 9.53 Å². The quantitative estimate of drug-likeness (QED) is 0.838. The van der Waals surface area contributed by atoms with Gasteiger partial charge in [-0.1, -0.05) is 30.3 Å². The lowest BCUT2D eigenvalue weighted by molar-refractivity contribution is -0.127. The Hall–Kier alpha value is -2.29. The van der Waals surface area contributed by atoms with Gasteiger partial charge in [-0.15, -0.1) is 0 Å². The molecular weight excluding hydrogens is 322 g/mol. The fourth-order valence-electron chi connectivity index (χ4n) is 3.52. The Bertz CT molecular complexity index is 797. The smallest absolute Gasteiger partial charge is 0.261 e. The van der Waals surface area contributed by atoms with Gasteiger partial charge in [0.1, 0.15) is 5.75 Å². The Morgan fingerprint density at radius 1 is 1.00 bits per heavy atom. The number of carbonyl (C=O) groups excluding carboxylic acids is 1. The molecule has 1 aliphatic rings. The van der Waals surface area contributed by atoms with Gasteiger partial charge in [0.15, 0.2) is 6.10 Å². The molecule has 3 rings (SSSR count). The highest BCUT2D eigenvalue weighted by Crippen LogP contribution is 2.25. The van der Waals surface area contributed by atoms with E-state index in [0.717, 1.165) is 28.9 Å². The summed E-state index contributed by atoms with van der Waals surface area (Å²) in [5.74, 6) is 0.685. The molecule has 0 fully saturated rings. The lowest BCUT2D eigenvalue weighted by atomic mass is 9.89. The molecule has 0 saturated carbocycles. The number of hydrogen-bond donors (Lipinski definition) is 1. The summed E-state index contributed by atoms with van der Waals surface area (Å²) in [5.41, 5.74) is 6.23. The van der Waals surface area contributed by atoms with E-state index in [2.05, 4.69) is 23.5 Å². The summed E-state index contributed by atoms with van der Waals surface area (Å²) >= 11 is 0. The molecule has 2 aromatic rings. The van der Waals surface area contributed by atoms with Gasteiger partial charge in [-0.2, -0.15) is 0 Å². The summed E-state index contributed by atoms with van der Waals surface area (Å²) < 4.78 is 5.90. The van der Waals surface area contributed by atoms with Gasteiger partial charge in [0.25, 0.3) is 5.91 Å². The first-order valence-electron chi connectivity index (χ1n) is 9.60. The summed E-state index contributed by atoms with van der Waals surface area (Å²) in [6.45, 7) is 7.86. The van der Waals surface area contributed by atoms with Crippen molar-refractivity contribution >= 4 is 5.91 Å². The van der Waals surface area contributed by atoms with Crippen LogP contribution in [-0.2, 0) is 17.6 Å². The average molecular weight is 351 g/mol. The number of benzene rings is 2. The molecule has 0 bridgehead atoms. The largest absolute Gasteiger partial charge is 0.481 e. The van der Waals surface area contributed by atoms with Crippen molar-refractivity contribution in [3.8, 4) is 5.75 Å². The molecule has 26 heavy (non-hydrogen) atoms. The van der Waals surface area contributed by atoms with Crippen molar-refractivity contribution in [3.63, 3.8) is 0 Å². The van der Waals surface area contributed by atoms with Crippen molar-refractivity contribution in [1.82, 2.24) is 5.32 Å². The third kappa shape index (κ3) is 4.27. The summed E-state index contributed by atoms with van der Waals surface area (Å²) in [4.78, 5) is 12.6. The third-order valence-electron chi connectivity index (χ3n) is 5.25.